The van der Waals surface area contributed by atoms with Crippen LogP contribution in [0.3, 0.4) is 0 Å². The van der Waals surface area contributed by atoms with Gasteiger partial charge in [-0.1, -0.05) is 18.2 Å². The molecule has 0 amide bonds. The van der Waals surface area contributed by atoms with Gasteiger partial charge in [-0.3, -0.25) is 4.79 Å². The quantitative estimate of drug-likeness (QED) is 0.884. The van der Waals surface area contributed by atoms with Crippen LogP contribution >= 0.6 is 0 Å². The molecule has 0 aliphatic heterocycles. The normalized spacial score (nSPS) is 18.5. The summed E-state index contributed by atoms with van der Waals surface area (Å²) in [6, 6.07) is 12.4. The molecular formula is C18H22N2O. The summed E-state index contributed by atoms with van der Waals surface area (Å²) in [5, 5.41) is 4.86. The molecule has 2 aliphatic rings. The van der Waals surface area contributed by atoms with Gasteiger partial charge in [-0.2, -0.15) is 0 Å². The van der Waals surface area contributed by atoms with E-state index in [2.05, 4.69) is 11.4 Å². The first-order valence-electron chi connectivity index (χ1n) is 8.15. The number of nitrogens with zero attached hydrogens (tertiary/aromatic N) is 1. The number of hydrogen-bond donors (Lipinski definition) is 1. The minimum atomic E-state index is 0.102. The maximum atomic E-state index is 12.1. The molecule has 1 N–H and O–H groups in total. The lowest BCUT2D eigenvalue weighted by atomic mass is 10.1. The molecule has 0 spiro atoms. The first-order valence-corrected chi connectivity index (χ1v) is 8.15. The van der Waals surface area contributed by atoms with Gasteiger partial charge < -0.3 is 9.88 Å². The first kappa shape index (κ1) is 13.1. The Morgan fingerprint density at radius 1 is 1.05 bits per heavy atom. The van der Waals surface area contributed by atoms with E-state index in [0.29, 0.717) is 6.04 Å². The molecule has 2 aromatic rings. The van der Waals surface area contributed by atoms with Gasteiger partial charge in [0.15, 0.2) is 0 Å². The van der Waals surface area contributed by atoms with E-state index in [1.54, 1.807) is 6.07 Å². The predicted octanol–water partition coefficient (Wildman–Crippen LogP) is 2.78. The highest BCUT2D eigenvalue weighted by molar-refractivity contribution is 5.78. The van der Waals surface area contributed by atoms with Gasteiger partial charge in [0.2, 0.25) is 0 Å². The van der Waals surface area contributed by atoms with E-state index >= 15 is 0 Å². The van der Waals surface area contributed by atoms with E-state index < -0.39 is 0 Å². The summed E-state index contributed by atoms with van der Waals surface area (Å²) in [7, 11) is 0. The van der Waals surface area contributed by atoms with Crippen molar-refractivity contribution in [2.24, 2.45) is 11.8 Å². The number of para-hydroxylation sites is 1. The van der Waals surface area contributed by atoms with E-state index in [1.165, 1.54) is 25.7 Å². The summed E-state index contributed by atoms with van der Waals surface area (Å²) < 4.78 is 1.90. The van der Waals surface area contributed by atoms with Crippen LogP contribution in [0.1, 0.15) is 25.7 Å². The standard InChI is InChI=1S/C18H22N2O/c21-17-10-9-13-3-1-2-4-16(13)20(17)12-11-19-18(14-5-6-14)15-7-8-15/h1-4,9-10,14-15,18-19H,5-8,11-12H2. The number of benzene rings is 1. The van der Waals surface area contributed by atoms with Gasteiger partial charge in [-0.25, -0.2) is 0 Å². The molecule has 1 aromatic heterocycles. The Labute approximate surface area is 125 Å². The molecule has 3 nitrogen and oxygen atoms in total. The topological polar surface area (TPSA) is 34.0 Å². The molecule has 0 saturated heterocycles. The van der Waals surface area contributed by atoms with Crippen LogP contribution < -0.4 is 10.9 Å². The van der Waals surface area contributed by atoms with Crippen LogP contribution in [-0.2, 0) is 6.54 Å². The SMILES string of the molecule is O=c1ccc2ccccc2n1CCNC(C1CC1)C1CC1. The fourth-order valence-electron chi connectivity index (χ4n) is 3.45. The number of pyridine rings is 1. The second kappa shape index (κ2) is 5.30. The molecule has 0 bridgehead atoms. The summed E-state index contributed by atoms with van der Waals surface area (Å²) >= 11 is 0. The third kappa shape index (κ3) is 2.75. The van der Waals surface area contributed by atoms with Crippen molar-refractivity contribution in [3.05, 3.63) is 46.8 Å². The highest BCUT2D eigenvalue weighted by atomic mass is 16.1. The van der Waals surface area contributed by atoms with Crippen LogP contribution in [0.15, 0.2) is 41.2 Å². The Bertz CT molecular complexity index is 686. The molecule has 0 atom stereocenters. The van der Waals surface area contributed by atoms with Crippen LogP contribution in [0.25, 0.3) is 10.9 Å². The van der Waals surface area contributed by atoms with Crippen molar-refractivity contribution in [1.82, 2.24) is 9.88 Å². The van der Waals surface area contributed by atoms with E-state index in [4.69, 9.17) is 0 Å². The van der Waals surface area contributed by atoms with Crippen molar-refractivity contribution in [2.45, 2.75) is 38.3 Å². The molecule has 4 rings (SSSR count). The largest absolute Gasteiger partial charge is 0.312 e. The fourth-order valence-corrected chi connectivity index (χ4v) is 3.45. The lowest BCUT2D eigenvalue weighted by molar-refractivity contribution is 0.407. The van der Waals surface area contributed by atoms with E-state index in [0.717, 1.165) is 35.8 Å². The van der Waals surface area contributed by atoms with Crippen LogP contribution in [-0.4, -0.2) is 17.2 Å². The van der Waals surface area contributed by atoms with E-state index in [-0.39, 0.29) is 5.56 Å². The third-order valence-electron chi connectivity index (χ3n) is 4.87. The van der Waals surface area contributed by atoms with Gasteiger partial charge in [-0.05, 0) is 55.0 Å². The maximum absolute atomic E-state index is 12.1. The Kier molecular flexibility index (Phi) is 3.30. The second-order valence-electron chi connectivity index (χ2n) is 6.54. The van der Waals surface area contributed by atoms with Crippen LogP contribution in [0, 0.1) is 11.8 Å². The number of hydrogen-bond acceptors (Lipinski definition) is 2. The summed E-state index contributed by atoms with van der Waals surface area (Å²) in [4.78, 5) is 12.1. The van der Waals surface area contributed by atoms with Crippen molar-refractivity contribution in [3.63, 3.8) is 0 Å². The highest BCUT2D eigenvalue weighted by Crippen LogP contribution is 2.44. The summed E-state index contributed by atoms with van der Waals surface area (Å²) in [5.74, 6) is 1.81. The van der Waals surface area contributed by atoms with Crippen molar-refractivity contribution < 1.29 is 0 Å². The van der Waals surface area contributed by atoms with Gasteiger partial charge in [0, 0.05) is 25.2 Å². The van der Waals surface area contributed by atoms with Crippen LogP contribution in [0.4, 0.5) is 0 Å². The smallest absolute Gasteiger partial charge is 0.251 e. The minimum Gasteiger partial charge on any atom is -0.312 e. The Morgan fingerprint density at radius 3 is 2.48 bits per heavy atom. The molecule has 0 radical (unpaired) electrons. The lowest BCUT2D eigenvalue weighted by Crippen LogP contribution is -2.36. The van der Waals surface area contributed by atoms with E-state index in [1.807, 2.05) is 28.8 Å². The Balaban J connectivity index is 1.49. The fraction of sp³-hybridized carbons (Fsp3) is 0.500. The molecule has 1 aromatic carbocycles. The van der Waals surface area contributed by atoms with Crippen molar-refractivity contribution in [2.75, 3.05) is 6.54 Å². The number of aromatic nitrogens is 1. The third-order valence-corrected chi connectivity index (χ3v) is 4.87. The number of fused-ring (bicyclic) bond motifs is 1. The zero-order chi connectivity index (χ0) is 14.2. The van der Waals surface area contributed by atoms with Gasteiger partial charge in [0.25, 0.3) is 5.56 Å². The summed E-state index contributed by atoms with van der Waals surface area (Å²) in [6.07, 6.45) is 5.57. The van der Waals surface area contributed by atoms with Crippen molar-refractivity contribution >= 4 is 10.9 Å². The molecule has 2 fully saturated rings. The van der Waals surface area contributed by atoms with Gasteiger partial charge in [0.1, 0.15) is 0 Å². The van der Waals surface area contributed by atoms with Crippen LogP contribution in [0.5, 0.6) is 0 Å². The molecule has 2 aliphatic carbocycles. The molecule has 3 heteroatoms. The molecule has 2 saturated carbocycles. The number of rotatable bonds is 6. The zero-order valence-corrected chi connectivity index (χ0v) is 12.3. The molecule has 21 heavy (non-hydrogen) atoms. The highest BCUT2D eigenvalue weighted by Gasteiger charge is 2.40. The van der Waals surface area contributed by atoms with Gasteiger partial charge >= 0.3 is 0 Å². The first-order chi connectivity index (χ1) is 10.3. The van der Waals surface area contributed by atoms with E-state index in [9.17, 15) is 4.79 Å². The monoisotopic (exact) mass is 282 g/mol. The van der Waals surface area contributed by atoms with Crippen molar-refractivity contribution in [3.8, 4) is 0 Å². The number of nitrogens with one attached hydrogen (secondary N) is 1. The molecule has 1 heterocycles. The zero-order valence-electron chi connectivity index (χ0n) is 12.3. The second-order valence-corrected chi connectivity index (χ2v) is 6.54. The van der Waals surface area contributed by atoms with Crippen molar-refractivity contribution in [1.29, 1.82) is 0 Å². The minimum absolute atomic E-state index is 0.102. The summed E-state index contributed by atoms with van der Waals surface area (Å²) in [5.41, 5.74) is 1.14. The molecule has 110 valence electrons. The van der Waals surface area contributed by atoms with Crippen LogP contribution in [0.2, 0.25) is 0 Å². The maximum Gasteiger partial charge on any atom is 0.251 e. The summed E-state index contributed by atoms with van der Waals surface area (Å²) in [6.45, 7) is 1.65. The average Bonchev–Trinajstić information content (AvgIpc) is 3.38. The Hall–Kier alpha value is -1.61. The predicted molar refractivity (Wildman–Crippen MR) is 85.4 cm³/mol. The molecular weight excluding hydrogens is 260 g/mol. The lowest BCUT2D eigenvalue weighted by Gasteiger charge is -2.18. The Morgan fingerprint density at radius 2 is 1.76 bits per heavy atom. The van der Waals surface area contributed by atoms with Gasteiger partial charge in [-0.15, -0.1) is 0 Å². The average molecular weight is 282 g/mol. The van der Waals surface area contributed by atoms with Gasteiger partial charge in [0.05, 0.1) is 5.52 Å². The molecule has 0 unspecified atom stereocenters.